The van der Waals surface area contributed by atoms with E-state index in [1.807, 2.05) is 28.8 Å². The molecule has 0 aliphatic carbocycles. The standard InChI is InChI=1S/C11H11N3O/c1-12-11(15)6-5-9-8-13-10-4-2-3-7-14(9)10/h2-8H,1H3,(H,12,15)/b6-5+. The first kappa shape index (κ1) is 9.45. The summed E-state index contributed by atoms with van der Waals surface area (Å²) in [4.78, 5) is 15.2. The number of pyridine rings is 1. The first-order chi connectivity index (χ1) is 7.31. The molecule has 1 amide bonds. The summed E-state index contributed by atoms with van der Waals surface area (Å²) in [7, 11) is 1.60. The normalized spacial score (nSPS) is 11.0. The number of carbonyl (C=O) groups is 1. The van der Waals surface area contributed by atoms with Crippen LogP contribution in [0.3, 0.4) is 0 Å². The quantitative estimate of drug-likeness (QED) is 0.739. The third-order valence-electron chi connectivity index (χ3n) is 2.10. The molecule has 2 aromatic heterocycles. The zero-order valence-electron chi connectivity index (χ0n) is 8.34. The van der Waals surface area contributed by atoms with Crippen LogP contribution < -0.4 is 5.32 Å². The molecule has 4 nitrogen and oxygen atoms in total. The average Bonchev–Trinajstić information content (AvgIpc) is 2.69. The van der Waals surface area contributed by atoms with Gasteiger partial charge in [-0.3, -0.25) is 4.79 Å². The number of aromatic nitrogens is 2. The lowest BCUT2D eigenvalue weighted by atomic mass is 10.4. The van der Waals surface area contributed by atoms with Crippen LogP contribution in [0.25, 0.3) is 11.7 Å². The van der Waals surface area contributed by atoms with Crippen LogP contribution >= 0.6 is 0 Å². The van der Waals surface area contributed by atoms with Crippen LogP contribution in [0.4, 0.5) is 0 Å². The van der Waals surface area contributed by atoms with E-state index in [-0.39, 0.29) is 5.91 Å². The molecule has 15 heavy (non-hydrogen) atoms. The molecule has 0 saturated carbocycles. The highest BCUT2D eigenvalue weighted by molar-refractivity contribution is 5.91. The molecular formula is C11H11N3O. The Labute approximate surface area is 87.3 Å². The smallest absolute Gasteiger partial charge is 0.243 e. The van der Waals surface area contributed by atoms with Crippen molar-refractivity contribution in [2.24, 2.45) is 0 Å². The molecule has 1 N–H and O–H groups in total. The highest BCUT2D eigenvalue weighted by Gasteiger charge is 1.98. The summed E-state index contributed by atoms with van der Waals surface area (Å²) in [5.74, 6) is -0.124. The largest absolute Gasteiger partial charge is 0.356 e. The monoisotopic (exact) mass is 201 g/mol. The Morgan fingerprint density at radius 3 is 3.20 bits per heavy atom. The van der Waals surface area contributed by atoms with Gasteiger partial charge in [0.15, 0.2) is 0 Å². The van der Waals surface area contributed by atoms with Crippen molar-refractivity contribution < 1.29 is 4.79 Å². The lowest BCUT2D eigenvalue weighted by Gasteiger charge is -1.94. The molecule has 0 bridgehead atoms. The lowest BCUT2D eigenvalue weighted by Crippen LogP contribution is -2.13. The van der Waals surface area contributed by atoms with E-state index in [9.17, 15) is 4.79 Å². The summed E-state index contributed by atoms with van der Waals surface area (Å²) in [6.45, 7) is 0. The highest BCUT2D eigenvalue weighted by Crippen LogP contribution is 2.07. The summed E-state index contributed by atoms with van der Waals surface area (Å²) >= 11 is 0. The number of hydrogen-bond donors (Lipinski definition) is 1. The van der Waals surface area contributed by atoms with Crippen LogP contribution in [0.2, 0.25) is 0 Å². The van der Waals surface area contributed by atoms with Gasteiger partial charge in [-0.15, -0.1) is 0 Å². The van der Waals surface area contributed by atoms with Crippen molar-refractivity contribution in [3.63, 3.8) is 0 Å². The van der Waals surface area contributed by atoms with E-state index >= 15 is 0 Å². The number of nitrogens with one attached hydrogen (secondary N) is 1. The SMILES string of the molecule is CNC(=O)/C=C/c1cnc2ccccn12. The molecule has 76 valence electrons. The molecule has 2 heterocycles. The second-order valence-corrected chi connectivity index (χ2v) is 3.06. The Morgan fingerprint density at radius 1 is 1.53 bits per heavy atom. The Bertz CT molecular complexity index is 513. The summed E-state index contributed by atoms with van der Waals surface area (Å²) < 4.78 is 1.92. The van der Waals surface area contributed by atoms with Crippen molar-refractivity contribution in [2.75, 3.05) is 7.05 Å². The molecular weight excluding hydrogens is 190 g/mol. The third kappa shape index (κ3) is 1.88. The molecule has 0 atom stereocenters. The van der Waals surface area contributed by atoms with Gasteiger partial charge < -0.3 is 9.72 Å². The van der Waals surface area contributed by atoms with Crippen molar-refractivity contribution in [1.82, 2.24) is 14.7 Å². The number of hydrogen-bond acceptors (Lipinski definition) is 2. The Kier molecular flexibility index (Phi) is 2.49. The second kappa shape index (κ2) is 3.96. The number of carbonyl (C=O) groups excluding carboxylic acids is 1. The number of amides is 1. The van der Waals surface area contributed by atoms with Gasteiger partial charge in [-0.1, -0.05) is 6.07 Å². The molecule has 0 aromatic carbocycles. The summed E-state index contributed by atoms with van der Waals surface area (Å²) in [5.41, 5.74) is 1.75. The Balaban J connectivity index is 2.36. The Hall–Kier alpha value is -2.10. The molecule has 0 fully saturated rings. The van der Waals surface area contributed by atoms with E-state index in [0.29, 0.717) is 0 Å². The fraction of sp³-hybridized carbons (Fsp3) is 0.0909. The minimum absolute atomic E-state index is 0.124. The minimum Gasteiger partial charge on any atom is -0.356 e. The van der Waals surface area contributed by atoms with Crippen molar-refractivity contribution >= 4 is 17.6 Å². The fourth-order valence-electron chi connectivity index (χ4n) is 1.32. The van der Waals surface area contributed by atoms with Crippen molar-refractivity contribution in [1.29, 1.82) is 0 Å². The molecule has 0 aliphatic heterocycles. The van der Waals surface area contributed by atoms with Crippen LogP contribution in [-0.2, 0) is 4.79 Å². The van der Waals surface area contributed by atoms with Gasteiger partial charge in [0, 0.05) is 19.3 Å². The van der Waals surface area contributed by atoms with Gasteiger partial charge in [-0.2, -0.15) is 0 Å². The lowest BCUT2D eigenvalue weighted by molar-refractivity contribution is -0.115. The third-order valence-corrected chi connectivity index (χ3v) is 2.10. The highest BCUT2D eigenvalue weighted by atomic mass is 16.1. The van der Waals surface area contributed by atoms with Crippen LogP contribution in [0.5, 0.6) is 0 Å². The Morgan fingerprint density at radius 2 is 2.40 bits per heavy atom. The number of likely N-dealkylation sites (N-methyl/N-ethyl adjacent to an activating group) is 1. The summed E-state index contributed by atoms with van der Waals surface area (Å²) in [6.07, 6.45) is 6.86. The van der Waals surface area contributed by atoms with E-state index in [1.165, 1.54) is 6.08 Å². The number of rotatable bonds is 2. The van der Waals surface area contributed by atoms with Crippen molar-refractivity contribution in [3.05, 3.63) is 42.4 Å². The van der Waals surface area contributed by atoms with Gasteiger partial charge in [0.2, 0.25) is 5.91 Å². The topological polar surface area (TPSA) is 46.4 Å². The summed E-state index contributed by atoms with van der Waals surface area (Å²) in [6, 6.07) is 5.76. The van der Waals surface area contributed by atoms with Gasteiger partial charge in [0.1, 0.15) is 5.65 Å². The average molecular weight is 201 g/mol. The van der Waals surface area contributed by atoms with Crippen LogP contribution in [0, 0.1) is 0 Å². The van der Waals surface area contributed by atoms with E-state index in [1.54, 1.807) is 19.3 Å². The van der Waals surface area contributed by atoms with E-state index in [2.05, 4.69) is 10.3 Å². The zero-order valence-corrected chi connectivity index (χ0v) is 8.34. The molecule has 4 heteroatoms. The van der Waals surface area contributed by atoms with Gasteiger partial charge in [0.05, 0.1) is 11.9 Å². The van der Waals surface area contributed by atoms with Crippen molar-refractivity contribution in [3.8, 4) is 0 Å². The first-order valence-electron chi connectivity index (χ1n) is 4.63. The maximum Gasteiger partial charge on any atom is 0.243 e. The van der Waals surface area contributed by atoms with Gasteiger partial charge >= 0.3 is 0 Å². The van der Waals surface area contributed by atoms with Gasteiger partial charge in [-0.25, -0.2) is 4.98 Å². The molecule has 2 rings (SSSR count). The van der Waals surface area contributed by atoms with E-state index < -0.39 is 0 Å². The molecule has 0 radical (unpaired) electrons. The predicted molar refractivity (Wildman–Crippen MR) is 58.3 cm³/mol. The van der Waals surface area contributed by atoms with Gasteiger partial charge in [0.25, 0.3) is 0 Å². The van der Waals surface area contributed by atoms with E-state index in [4.69, 9.17) is 0 Å². The fourth-order valence-corrected chi connectivity index (χ4v) is 1.32. The first-order valence-corrected chi connectivity index (χ1v) is 4.63. The van der Waals surface area contributed by atoms with Crippen molar-refractivity contribution in [2.45, 2.75) is 0 Å². The predicted octanol–water partition coefficient (Wildman–Crippen LogP) is 1.09. The molecule has 0 aliphatic rings. The number of fused-ring (bicyclic) bond motifs is 1. The minimum atomic E-state index is -0.124. The zero-order chi connectivity index (χ0) is 10.7. The van der Waals surface area contributed by atoms with Gasteiger partial charge in [-0.05, 0) is 18.2 Å². The maximum absolute atomic E-state index is 11.0. The molecule has 0 spiro atoms. The number of imidazole rings is 1. The molecule has 0 unspecified atom stereocenters. The summed E-state index contributed by atoms with van der Waals surface area (Å²) in [5, 5.41) is 2.52. The van der Waals surface area contributed by atoms with Crippen LogP contribution in [0.15, 0.2) is 36.7 Å². The van der Waals surface area contributed by atoms with Crippen LogP contribution in [-0.4, -0.2) is 22.3 Å². The number of nitrogens with zero attached hydrogens (tertiary/aromatic N) is 2. The maximum atomic E-state index is 11.0. The van der Waals surface area contributed by atoms with Crippen LogP contribution in [0.1, 0.15) is 5.69 Å². The molecule has 0 saturated heterocycles. The van der Waals surface area contributed by atoms with E-state index in [0.717, 1.165) is 11.3 Å². The molecule has 2 aromatic rings. The second-order valence-electron chi connectivity index (χ2n) is 3.06.